The molecule has 2 heterocycles. The van der Waals surface area contributed by atoms with Crippen LogP contribution >= 0.6 is 0 Å². The van der Waals surface area contributed by atoms with Crippen molar-refractivity contribution in [1.82, 2.24) is 4.98 Å². The van der Waals surface area contributed by atoms with Crippen molar-refractivity contribution < 1.29 is 9.53 Å². The summed E-state index contributed by atoms with van der Waals surface area (Å²) in [5.74, 6) is 0.567. The largest absolute Gasteiger partial charge is 0.447 e. The highest BCUT2D eigenvalue weighted by atomic mass is 16.6. The molecule has 1 fully saturated rings. The van der Waals surface area contributed by atoms with E-state index in [1.807, 2.05) is 24.3 Å². The maximum absolute atomic E-state index is 11.5. The quantitative estimate of drug-likeness (QED) is 0.937. The summed E-state index contributed by atoms with van der Waals surface area (Å²) in [6, 6.07) is 13.2. The van der Waals surface area contributed by atoms with Crippen LogP contribution in [0.2, 0.25) is 0 Å². The van der Waals surface area contributed by atoms with Crippen molar-refractivity contribution in [2.75, 3.05) is 23.4 Å². The molecule has 0 saturated carbocycles. The number of nitriles is 1. The highest BCUT2D eigenvalue weighted by Gasteiger charge is 2.23. The molecule has 22 heavy (non-hydrogen) atoms. The number of carbonyl (C=O) groups excluding carboxylic acids is 1. The lowest BCUT2D eigenvalue weighted by atomic mass is 10.2. The Morgan fingerprint density at radius 1 is 1.32 bits per heavy atom. The zero-order chi connectivity index (χ0) is 15.4. The van der Waals surface area contributed by atoms with E-state index in [0.29, 0.717) is 31.1 Å². The third kappa shape index (κ3) is 2.83. The van der Waals surface area contributed by atoms with Gasteiger partial charge in [-0.05, 0) is 29.8 Å². The standard InChI is InChI=1S/C16H14N4O2/c17-10-13-2-1-7-18-15(13)19-11-12-3-5-14(6-4-12)20-8-9-22-16(20)21/h1-7H,8-9,11H2,(H,18,19). The maximum Gasteiger partial charge on any atom is 0.414 e. The second-order valence-electron chi connectivity index (χ2n) is 4.80. The molecule has 6 nitrogen and oxygen atoms in total. The zero-order valence-corrected chi connectivity index (χ0v) is 11.8. The Morgan fingerprint density at radius 3 is 2.82 bits per heavy atom. The number of benzene rings is 1. The van der Waals surface area contributed by atoms with E-state index in [9.17, 15) is 4.79 Å². The first-order valence-corrected chi connectivity index (χ1v) is 6.90. The Morgan fingerprint density at radius 2 is 2.14 bits per heavy atom. The van der Waals surface area contributed by atoms with Crippen LogP contribution in [0.3, 0.4) is 0 Å². The molecule has 1 aromatic heterocycles. The van der Waals surface area contributed by atoms with Gasteiger partial charge in [0.2, 0.25) is 0 Å². The third-order valence-electron chi connectivity index (χ3n) is 3.40. The number of hydrogen-bond acceptors (Lipinski definition) is 5. The monoisotopic (exact) mass is 294 g/mol. The topological polar surface area (TPSA) is 78.2 Å². The van der Waals surface area contributed by atoms with Crippen LogP contribution < -0.4 is 10.2 Å². The molecule has 3 rings (SSSR count). The molecule has 0 atom stereocenters. The van der Waals surface area contributed by atoms with Gasteiger partial charge in [0.25, 0.3) is 0 Å². The zero-order valence-electron chi connectivity index (χ0n) is 11.8. The Bertz CT molecular complexity index is 722. The van der Waals surface area contributed by atoms with Crippen LogP contribution in [0.5, 0.6) is 0 Å². The average Bonchev–Trinajstić information content (AvgIpc) is 3.00. The normalized spacial score (nSPS) is 13.6. The van der Waals surface area contributed by atoms with Gasteiger partial charge in [-0.2, -0.15) is 5.26 Å². The minimum atomic E-state index is -0.307. The summed E-state index contributed by atoms with van der Waals surface area (Å²) in [6.45, 7) is 1.56. The van der Waals surface area contributed by atoms with Crippen molar-refractivity contribution in [3.63, 3.8) is 0 Å². The van der Waals surface area contributed by atoms with Gasteiger partial charge >= 0.3 is 6.09 Å². The predicted octanol–water partition coefficient (Wildman–Crippen LogP) is 2.52. The smallest absolute Gasteiger partial charge is 0.414 e. The van der Waals surface area contributed by atoms with Gasteiger partial charge in [0.05, 0.1) is 12.1 Å². The second-order valence-corrected chi connectivity index (χ2v) is 4.80. The average molecular weight is 294 g/mol. The first-order valence-electron chi connectivity index (χ1n) is 6.90. The fourth-order valence-corrected chi connectivity index (χ4v) is 2.24. The van der Waals surface area contributed by atoms with E-state index < -0.39 is 0 Å². The van der Waals surface area contributed by atoms with Crippen LogP contribution in [-0.4, -0.2) is 24.2 Å². The van der Waals surface area contributed by atoms with Crippen molar-refractivity contribution in [1.29, 1.82) is 5.26 Å². The number of cyclic esters (lactones) is 1. The van der Waals surface area contributed by atoms with E-state index in [2.05, 4.69) is 16.4 Å². The highest BCUT2D eigenvalue weighted by Crippen LogP contribution is 2.20. The number of ether oxygens (including phenoxy) is 1. The Kier molecular flexibility index (Phi) is 3.88. The molecular formula is C16H14N4O2. The molecule has 1 aliphatic rings. The summed E-state index contributed by atoms with van der Waals surface area (Å²) in [6.07, 6.45) is 1.34. The van der Waals surface area contributed by atoms with E-state index in [0.717, 1.165) is 11.3 Å². The SMILES string of the molecule is N#Cc1cccnc1NCc1ccc(N2CCOC2=O)cc1. The van der Waals surface area contributed by atoms with Crippen molar-refractivity contribution in [3.05, 3.63) is 53.7 Å². The van der Waals surface area contributed by atoms with Crippen LogP contribution in [0, 0.1) is 11.3 Å². The van der Waals surface area contributed by atoms with E-state index in [4.69, 9.17) is 10.00 Å². The lowest BCUT2D eigenvalue weighted by Gasteiger charge is -2.13. The van der Waals surface area contributed by atoms with Gasteiger partial charge in [0.15, 0.2) is 0 Å². The van der Waals surface area contributed by atoms with Crippen LogP contribution in [0.25, 0.3) is 0 Å². The van der Waals surface area contributed by atoms with E-state index >= 15 is 0 Å². The molecule has 1 amide bonds. The number of hydrogen-bond donors (Lipinski definition) is 1. The lowest BCUT2D eigenvalue weighted by Crippen LogP contribution is -2.23. The number of anilines is 2. The molecule has 110 valence electrons. The summed E-state index contributed by atoms with van der Waals surface area (Å²) in [5.41, 5.74) is 2.37. The van der Waals surface area contributed by atoms with Crippen LogP contribution in [0.4, 0.5) is 16.3 Å². The van der Waals surface area contributed by atoms with Crippen LogP contribution in [-0.2, 0) is 11.3 Å². The first kappa shape index (κ1) is 13.9. The number of nitrogens with one attached hydrogen (secondary N) is 1. The fourth-order valence-electron chi connectivity index (χ4n) is 2.24. The van der Waals surface area contributed by atoms with Gasteiger partial charge < -0.3 is 10.1 Å². The number of amides is 1. The molecule has 0 unspecified atom stereocenters. The van der Waals surface area contributed by atoms with Crippen LogP contribution in [0.1, 0.15) is 11.1 Å². The van der Waals surface area contributed by atoms with Gasteiger partial charge in [0, 0.05) is 18.4 Å². The molecule has 0 aliphatic carbocycles. The number of pyridine rings is 1. The van der Waals surface area contributed by atoms with Crippen molar-refractivity contribution >= 4 is 17.6 Å². The molecule has 0 spiro atoms. The highest BCUT2D eigenvalue weighted by molar-refractivity contribution is 5.89. The fraction of sp³-hybridized carbons (Fsp3) is 0.188. The number of rotatable bonds is 4. The van der Waals surface area contributed by atoms with Crippen molar-refractivity contribution in [3.8, 4) is 6.07 Å². The summed E-state index contributed by atoms with van der Waals surface area (Å²) in [5, 5.41) is 12.2. The molecular weight excluding hydrogens is 280 g/mol. The van der Waals surface area contributed by atoms with Gasteiger partial charge in [-0.3, -0.25) is 4.90 Å². The van der Waals surface area contributed by atoms with E-state index in [1.54, 1.807) is 23.2 Å². The predicted molar refractivity (Wildman–Crippen MR) is 81.4 cm³/mol. The summed E-state index contributed by atoms with van der Waals surface area (Å²) >= 11 is 0. The van der Waals surface area contributed by atoms with Gasteiger partial charge in [-0.25, -0.2) is 9.78 Å². The number of carbonyl (C=O) groups is 1. The molecule has 1 aromatic carbocycles. The molecule has 1 aliphatic heterocycles. The van der Waals surface area contributed by atoms with E-state index in [-0.39, 0.29) is 6.09 Å². The molecule has 0 radical (unpaired) electrons. The summed E-state index contributed by atoms with van der Waals surface area (Å²) in [7, 11) is 0. The Labute approximate surface area is 128 Å². The number of aromatic nitrogens is 1. The van der Waals surface area contributed by atoms with Gasteiger partial charge in [0.1, 0.15) is 18.5 Å². The molecule has 6 heteroatoms. The summed E-state index contributed by atoms with van der Waals surface area (Å²) < 4.78 is 4.92. The Balaban J connectivity index is 1.67. The van der Waals surface area contributed by atoms with Crippen LogP contribution in [0.15, 0.2) is 42.6 Å². The Hall–Kier alpha value is -3.07. The minimum Gasteiger partial charge on any atom is -0.447 e. The lowest BCUT2D eigenvalue weighted by molar-refractivity contribution is 0.181. The van der Waals surface area contributed by atoms with E-state index in [1.165, 1.54) is 0 Å². The minimum absolute atomic E-state index is 0.307. The molecule has 1 N–H and O–H groups in total. The second kappa shape index (κ2) is 6.14. The number of nitrogens with zero attached hydrogens (tertiary/aromatic N) is 3. The summed E-state index contributed by atoms with van der Waals surface area (Å²) in [4.78, 5) is 17.2. The molecule has 0 bridgehead atoms. The molecule has 2 aromatic rings. The maximum atomic E-state index is 11.5. The van der Waals surface area contributed by atoms with Crippen molar-refractivity contribution in [2.24, 2.45) is 0 Å². The van der Waals surface area contributed by atoms with Gasteiger partial charge in [-0.1, -0.05) is 12.1 Å². The van der Waals surface area contributed by atoms with Gasteiger partial charge in [-0.15, -0.1) is 0 Å². The first-order chi connectivity index (χ1) is 10.8. The molecule has 1 saturated heterocycles. The third-order valence-corrected chi connectivity index (χ3v) is 3.40. The van der Waals surface area contributed by atoms with Crippen molar-refractivity contribution in [2.45, 2.75) is 6.54 Å².